The number of nitrogens with zero attached hydrogens (tertiary/aromatic N) is 1. The van der Waals surface area contributed by atoms with Crippen molar-refractivity contribution in [2.75, 3.05) is 0 Å². The molecule has 1 aromatic heterocycles. The van der Waals surface area contributed by atoms with Crippen LogP contribution < -0.4 is 11.1 Å². The zero-order valence-corrected chi connectivity index (χ0v) is 8.40. The molecular weight excluding hydrogens is 178 g/mol. The number of hydrogen-bond donors (Lipinski definition) is 2. The van der Waals surface area contributed by atoms with E-state index in [1.165, 1.54) is 0 Å². The molecule has 4 heteroatoms. The fraction of sp³-hybridized carbons (Fsp3) is 0.400. The fourth-order valence-corrected chi connectivity index (χ4v) is 1.19. The molecule has 0 aliphatic rings. The Morgan fingerprint density at radius 2 is 2.29 bits per heavy atom. The second kappa shape index (κ2) is 4.72. The van der Waals surface area contributed by atoms with Crippen molar-refractivity contribution >= 4 is 5.91 Å². The summed E-state index contributed by atoms with van der Waals surface area (Å²) in [5.74, 6) is -0.347. The summed E-state index contributed by atoms with van der Waals surface area (Å²) < 4.78 is 0. The maximum Gasteiger partial charge on any atom is 0.234 e. The van der Waals surface area contributed by atoms with Gasteiger partial charge in [-0.3, -0.25) is 15.1 Å². The molecule has 1 heterocycles. The molecule has 0 aliphatic carbocycles. The lowest BCUT2D eigenvalue weighted by atomic mass is 10.1. The van der Waals surface area contributed by atoms with Crippen LogP contribution in [0.1, 0.15) is 25.5 Å². The highest BCUT2D eigenvalue weighted by Gasteiger charge is 2.12. The SMILES string of the molecule is CC(N[C@@H](C)c1cccnc1)C(N)=O. The number of nitrogens with one attached hydrogen (secondary N) is 1. The van der Waals surface area contributed by atoms with Gasteiger partial charge >= 0.3 is 0 Å². The van der Waals surface area contributed by atoms with E-state index in [1.807, 2.05) is 19.1 Å². The summed E-state index contributed by atoms with van der Waals surface area (Å²) in [5.41, 5.74) is 6.19. The van der Waals surface area contributed by atoms with Gasteiger partial charge in [0.05, 0.1) is 6.04 Å². The first-order valence-electron chi connectivity index (χ1n) is 4.56. The van der Waals surface area contributed by atoms with E-state index in [-0.39, 0.29) is 18.0 Å². The summed E-state index contributed by atoms with van der Waals surface area (Å²) >= 11 is 0. The average molecular weight is 193 g/mol. The fourth-order valence-electron chi connectivity index (χ4n) is 1.19. The molecule has 0 aliphatic heterocycles. The molecule has 1 aromatic rings. The van der Waals surface area contributed by atoms with Crippen molar-refractivity contribution in [2.45, 2.75) is 25.9 Å². The minimum Gasteiger partial charge on any atom is -0.368 e. The van der Waals surface area contributed by atoms with Crippen molar-refractivity contribution in [1.82, 2.24) is 10.3 Å². The van der Waals surface area contributed by atoms with Gasteiger partial charge in [0.2, 0.25) is 5.91 Å². The maximum atomic E-state index is 10.8. The Balaban J connectivity index is 2.59. The predicted octanol–water partition coefficient (Wildman–Crippen LogP) is 0.606. The summed E-state index contributed by atoms with van der Waals surface area (Å²) in [6, 6.07) is 3.57. The van der Waals surface area contributed by atoms with Gasteiger partial charge in [0, 0.05) is 18.4 Å². The lowest BCUT2D eigenvalue weighted by Gasteiger charge is -2.17. The number of amides is 1. The monoisotopic (exact) mass is 193 g/mol. The predicted molar refractivity (Wildman–Crippen MR) is 54.4 cm³/mol. The summed E-state index contributed by atoms with van der Waals surface area (Å²) in [6.07, 6.45) is 3.49. The molecule has 0 saturated carbocycles. The van der Waals surface area contributed by atoms with E-state index >= 15 is 0 Å². The van der Waals surface area contributed by atoms with Crippen molar-refractivity contribution in [2.24, 2.45) is 5.73 Å². The quantitative estimate of drug-likeness (QED) is 0.736. The second-order valence-corrected chi connectivity index (χ2v) is 3.30. The Morgan fingerprint density at radius 1 is 1.57 bits per heavy atom. The molecule has 0 aromatic carbocycles. The number of pyridine rings is 1. The van der Waals surface area contributed by atoms with Crippen molar-refractivity contribution in [1.29, 1.82) is 0 Å². The average Bonchev–Trinajstić information content (AvgIpc) is 2.19. The topological polar surface area (TPSA) is 68.0 Å². The zero-order chi connectivity index (χ0) is 10.6. The number of rotatable bonds is 4. The van der Waals surface area contributed by atoms with Crippen LogP contribution >= 0.6 is 0 Å². The Hall–Kier alpha value is -1.42. The third kappa shape index (κ3) is 2.81. The summed E-state index contributed by atoms with van der Waals surface area (Å²) in [7, 11) is 0. The second-order valence-electron chi connectivity index (χ2n) is 3.30. The lowest BCUT2D eigenvalue weighted by Crippen LogP contribution is -2.40. The van der Waals surface area contributed by atoms with E-state index in [0.717, 1.165) is 5.56 Å². The molecular formula is C10H15N3O. The highest BCUT2D eigenvalue weighted by Crippen LogP contribution is 2.10. The first kappa shape index (κ1) is 10.7. The molecule has 14 heavy (non-hydrogen) atoms. The van der Waals surface area contributed by atoms with Gasteiger partial charge < -0.3 is 5.73 Å². The third-order valence-electron chi connectivity index (χ3n) is 2.11. The van der Waals surface area contributed by atoms with E-state index in [2.05, 4.69) is 10.3 Å². The first-order valence-corrected chi connectivity index (χ1v) is 4.56. The van der Waals surface area contributed by atoms with E-state index in [0.29, 0.717) is 0 Å². The van der Waals surface area contributed by atoms with Gasteiger partial charge in [-0.2, -0.15) is 0 Å². The van der Waals surface area contributed by atoms with Gasteiger partial charge in [-0.05, 0) is 25.5 Å². The van der Waals surface area contributed by atoms with E-state index in [1.54, 1.807) is 19.3 Å². The van der Waals surface area contributed by atoms with Crippen LogP contribution in [0, 0.1) is 0 Å². The Kier molecular flexibility index (Phi) is 3.59. The van der Waals surface area contributed by atoms with E-state index < -0.39 is 0 Å². The number of nitrogens with two attached hydrogens (primary N) is 1. The van der Waals surface area contributed by atoms with Crippen LogP contribution in [-0.4, -0.2) is 16.9 Å². The van der Waals surface area contributed by atoms with Crippen LogP contribution in [0.3, 0.4) is 0 Å². The lowest BCUT2D eigenvalue weighted by molar-refractivity contribution is -0.119. The molecule has 0 saturated heterocycles. The van der Waals surface area contributed by atoms with Crippen LogP contribution in [-0.2, 0) is 4.79 Å². The van der Waals surface area contributed by atoms with Crippen LogP contribution in [0.2, 0.25) is 0 Å². The summed E-state index contributed by atoms with van der Waals surface area (Å²) in [5, 5.41) is 3.08. The number of carbonyl (C=O) groups is 1. The van der Waals surface area contributed by atoms with Crippen molar-refractivity contribution < 1.29 is 4.79 Å². The molecule has 1 rings (SSSR count). The van der Waals surface area contributed by atoms with Crippen molar-refractivity contribution in [3.63, 3.8) is 0 Å². The number of aromatic nitrogens is 1. The van der Waals surface area contributed by atoms with Gasteiger partial charge in [-0.25, -0.2) is 0 Å². The molecule has 0 radical (unpaired) electrons. The first-order chi connectivity index (χ1) is 6.61. The molecule has 4 nitrogen and oxygen atoms in total. The Bertz CT molecular complexity index is 299. The minimum absolute atomic E-state index is 0.0752. The molecule has 1 unspecified atom stereocenters. The van der Waals surface area contributed by atoms with Crippen molar-refractivity contribution in [3.05, 3.63) is 30.1 Å². The van der Waals surface area contributed by atoms with Crippen LogP contribution in [0.15, 0.2) is 24.5 Å². The third-order valence-corrected chi connectivity index (χ3v) is 2.11. The highest BCUT2D eigenvalue weighted by atomic mass is 16.1. The molecule has 0 spiro atoms. The molecule has 3 N–H and O–H groups in total. The van der Waals surface area contributed by atoms with Gasteiger partial charge in [0.1, 0.15) is 0 Å². The Labute approximate surface area is 83.5 Å². The van der Waals surface area contributed by atoms with E-state index in [4.69, 9.17) is 5.73 Å². The molecule has 1 amide bonds. The minimum atomic E-state index is -0.347. The summed E-state index contributed by atoms with van der Waals surface area (Å²) in [4.78, 5) is 14.8. The number of hydrogen-bond acceptors (Lipinski definition) is 3. The zero-order valence-electron chi connectivity index (χ0n) is 8.40. The van der Waals surface area contributed by atoms with Gasteiger partial charge in [0.25, 0.3) is 0 Å². The van der Waals surface area contributed by atoms with Crippen LogP contribution in [0.5, 0.6) is 0 Å². The molecule has 0 bridgehead atoms. The molecule has 2 atom stereocenters. The van der Waals surface area contributed by atoms with Gasteiger partial charge in [-0.15, -0.1) is 0 Å². The standard InChI is InChI=1S/C10H15N3O/c1-7(13-8(2)10(11)14)9-4-3-5-12-6-9/h3-8,13H,1-2H3,(H2,11,14)/t7-,8?/m0/s1. The van der Waals surface area contributed by atoms with Crippen LogP contribution in [0.25, 0.3) is 0 Å². The maximum absolute atomic E-state index is 10.8. The van der Waals surface area contributed by atoms with Gasteiger partial charge in [-0.1, -0.05) is 6.07 Å². The highest BCUT2D eigenvalue weighted by molar-refractivity contribution is 5.79. The smallest absolute Gasteiger partial charge is 0.234 e. The number of carbonyl (C=O) groups excluding carboxylic acids is 1. The molecule has 76 valence electrons. The number of primary amides is 1. The van der Waals surface area contributed by atoms with Crippen LogP contribution in [0.4, 0.5) is 0 Å². The normalized spacial score (nSPS) is 14.7. The summed E-state index contributed by atoms with van der Waals surface area (Å²) in [6.45, 7) is 3.71. The Morgan fingerprint density at radius 3 is 2.79 bits per heavy atom. The molecule has 0 fully saturated rings. The van der Waals surface area contributed by atoms with Crippen molar-refractivity contribution in [3.8, 4) is 0 Å². The largest absolute Gasteiger partial charge is 0.368 e. The van der Waals surface area contributed by atoms with Gasteiger partial charge in [0.15, 0.2) is 0 Å². The van der Waals surface area contributed by atoms with E-state index in [9.17, 15) is 4.79 Å².